The SMILES string of the molecule is CCn1ncc(OC)c1C1(O)Cc2ccccc2C1. The molecule has 100 valence electrons. The van der Waals surface area contributed by atoms with E-state index in [-0.39, 0.29) is 0 Å². The van der Waals surface area contributed by atoms with Gasteiger partial charge in [0, 0.05) is 19.4 Å². The molecular weight excluding hydrogens is 240 g/mol. The largest absolute Gasteiger partial charge is 0.493 e. The van der Waals surface area contributed by atoms with Crippen LogP contribution in [0.25, 0.3) is 0 Å². The fourth-order valence-corrected chi connectivity index (χ4v) is 2.99. The molecule has 0 unspecified atom stereocenters. The van der Waals surface area contributed by atoms with Gasteiger partial charge >= 0.3 is 0 Å². The Bertz CT molecular complexity index is 557. The first-order valence-electron chi connectivity index (χ1n) is 6.57. The molecule has 0 atom stereocenters. The lowest BCUT2D eigenvalue weighted by molar-refractivity contribution is 0.0362. The highest BCUT2D eigenvalue weighted by atomic mass is 16.5. The molecule has 1 aliphatic rings. The molecule has 0 saturated heterocycles. The van der Waals surface area contributed by atoms with E-state index in [9.17, 15) is 5.11 Å². The van der Waals surface area contributed by atoms with Crippen molar-refractivity contribution in [1.82, 2.24) is 9.78 Å². The van der Waals surface area contributed by atoms with Crippen LogP contribution >= 0.6 is 0 Å². The second-order valence-corrected chi connectivity index (χ2v) is 5.03. The Labute approximate surface area is 112 Å². The Morgan fingerprint density at radius 2 is 1.95 bits per heavy atom. The van der Waals surface area contributed by atoms with Gasteiger partial charge in [0.25, 0.3) is 0 Å². The number of hydrogen-bond acceptors (Lipinski definition) is 3. The van der Waals surface area contributed by atoms with Crippen LogP contribution in [0.5, 0.6) is 5.75 Å². The first-order chi connectivity index (χ1) is 9.18. The number of aromatic nitrogens is 2. The molecule has 1 N–H and O–H groups in total. The maximum Gasteiger partial charge on any atom is 0.162 e. The van der Waals surface area contributed by atoms with Crippen molar-refractivity contribution in [1.29, 1.82) is 0 Å². The highest BCUT2D eigenvalue weighted by Gasteiger charge is 2.41. The predicted molar refractivity (Wildman–Crippen MR) is 72.2 cm³/mol. The fourth-order valence-electron chi connectivity index (χ4n) is 2.99. The Morgan fingerprint density at radius 1 is 1.32 bits per heavy atom. The van der Waals surface area contributed by atoms with Crippen LogP contribution in [-0.4, -0.2) is 22.0 Å². The van der Waals surface area contributed by atoms with Crippen molar-refractivity contribution >= 4 is 0 Å². The lowest BCUT2D eigenvalue weighted by Gasteiger charge is -2.24. The third-order valence-electron chi connectivity index (χ3n) is 3.85. The zero-order valence-electron chi connectivity index (χ0n) is 11.3. The summed E-state index contributed by atoms with van der Waals surface area (Å²) in [6, 6.07) is 8.18. The van der Waals surface area contributed by atoms with E-state index in [4.69, 9.17) is 4.74 Å². The van der Waals surface area contributed by atoms with Gasteiger partial charge in [-0.2, -0.15) is 5.10 Å². The highest BCUT2D eigenvalue weighted by Crippen LogP contribution is 2.41. The monoisotopic (exact) mass is 258 g/mol. The number of ether oxygens (including phenoxy) is 1. The summed E-state index contributed by atoms with van der Waals surface area (Å²) in [5, 5.41) is 15.3. The van der Waals surface area contributed by atoms with Crippen molar-refractivity contribution < 1.29 is 9.84 Å². The molecule has 1 aromatic heterocycles. The number of rotatable bonds is 3. The standard InChI is InChI=1S/C15H18N2O2/c1-3-17-14(13(19-2)10-16-17)15(18)8-11-6-4-5-7-12(11)9-15/h4-7,10,18H,3,8-9H2,1-2H3. The molecule has 0 bridgehead atoms. The van der Waals surface area contributed by atoms with Gasteiger partial charge in [-0.15, -0.1) is 0 Å². The van der Waals surface area contributed by atoms with Crippen LogP contribution in [0.3, 0.4) is 0 Å². The van der Waals surface area contributed by atoms with E-state index in [1.54, 1.807) is 13.3 Å². The Morgan fingerprint density at radius 3 is 2.47 bits per heavy atom. The second-order valence-electron chi connectivity index (χ2n) is 5.03. The van der Waals surface area contributed by atoms with Gasteiger partial charge in [0.2, 0.25) is 0 Å². The van der Waals surface area contributed by atoms with E-state index in [1.807, 2.05) is 23.7 Å². The van der Waals surface area contributed by atoms with Gasteiger partial charge in [-0.25, -0.2) is 0 Å². The van der Waals surface area contributed by atoms with E-state index in [0.717, 1.165) is 12.2 Å². The first kappa shape index (κ1) is 12.2. The zero-order chi connectivity index (χ0) is 13.5. The highest BCUT2D eigenvalue weighted by molar-refractivity contribution is 5.42. The lowest BCUT2D eigenvalue weighted by atomic mass is 9.95. The molecular formula is C15H18N2O2. The molecule has 0 fully saturated rings. The van der Waals surface area contributed by atoms with Gasteiger partial charge in [0.15, 0.2) is 5.75 Å². The Balaban J connectivity index is 2.06. The maximum absolute atomic E-state index is 11.1. The van der Waals surface area contributed by atoms with Crippen LogP contribution in [-0.2, 0) is 25.0 Å². The number of aryl methyl sites for hydroxylation is 1. The number of hydrogen-bond donors (Lipinski definition) is 1. The fraction of sp³-hybridized carbons (Fsp3) is 0.400. The molecule has 1 aliphatic carbocycles. The molecule has 0 saturated carbocycles. The van der Waals surface area contributed by atoms with Gasteiger partial charge in [0.05, 0.1) is 13.3 Å². The van der Waals surface area contributed by atoms with Gasteiger partial charge in [-0.05, 0) is 18.1 Å². The number of aliphatic hydroxyl groups is 1. The Hall–Kier alpha value is -1.81. The molecule has 19 heavy (non-hydrogen) atoms. The van der Waals surface area contributed by atoms with Gasteiger partial charge < -0.3 is 9.84 Å². The van der Waals surface area contributed by atoms with Crippen LogP contribution in [0, 0.1) is 0 Å². The van der Waals surface area contributed by atoms with Gasteiger partial charge in [0.1, 0.15) is 11.3 Å². The topological polar surface area (TPSA) is 47.3 Å². The zero-order valence-corrected chi connectivity index (χ0v) is 11.3. The second kappa shape index (κ2) is 4.38. The number of fused-ring (bicyclic) bond motifs is 1. The number of methoxy groups -OCH3 is 1. The van der Waals surface area contributed by atoms with E-state index < -0.39 is 5.60 Å². The first-order valence-corrected chi connectivity index (χ1v) is 6.57. The van der Waals surface area contributed by atoms with E-state index in [0.29, 0.717) is 18.6 Å². The summed E-state index contributed by atoms with van der Waals surface area (Å²) >= 11 is 0. The summed E-state index contributed by atoms with van der Waals surface area (Å²) in [7, 11) is 1.62. The molecule has 4 nitrogen and oxygen atoms in total. The average Bonchev–Trinajstić information content (AvgIpc) is 2.98. The molecule has 4 heteroatoms. The molecule has 1 heterocycles. The van der Waals surface area contributed by atoms with Gasteiger partial charge in [-0.3, -0.25) is 4.68 Å². The number of nitrogens with zero attached hydrogens (tertiary/aromatic N) is 2. The van der Waals surface area contributed by atoms with Gasteiger partial charge in [-0.1, -0.05) is 24.3 Å². The minimum atomic E-state index is -0.915. The lowest BCUT2D eigenvalue weighted by Crippen LogP contribution is -2.30. The molecule has 0 amide bonds. The minimum absolute atomic E-state index is 0.616. The van der Waals surface area contributed by atoms with Crippen molar-refractivity contribution in [2.75, 3.05) is 7.11 Å². The molecule has 0 aliphatic heterocycles. The minimum Gasteiger partial charge on any atom is -0.493 e. The van der Waals surface area contributed by atoms with Crippen LogP contribution in [0.4, 0.5) is 0 Å². The summed E-state index contributed by atoms with van der Waals surface area (Å²) in [5.41, 5.74) is 2.28. The van der Waals surface area contributed by atoms with E-state index in [1.165, 1.54) is 11.1 Å². The van der Waals surface area contributed by atoms with Crippen molar-refractivity contribution in [2.24, 2.45) is 0 Å². The Kier molecular flexibility index (Phi) is 2.82. The van der Waals surface area contributed by atoms with Crippen molar-refractivity contribution in [3.8, 4) is 5.75 Å². The van der Waals surface area contributed by atoms with Crippen molar-refractivity contribution in [2.45, 2.75) is 31.9 Å². The molecule has 1 aromatic carbocycles. The van der Waals surface area contributed by atoms with Crippen molar-refractivity contribution in [3.05, 3.63) is 47.3 Å². The van der Waals surface area contributed by atoms with Crippen LogP contribution < -0.4 is 4.74 Å². The average molecular weight is 258 g/mol. The quantitative estimate of drug-likeness (QED) is 0.914. The van der Waals surface area contributed by atoms with Crippen LogP contribution in [0.2, 0.25) is 0 Å². The summed E-state index contributed by atoms with van der Waals surface area (Å²) in [5.74, 6) is 0.664. The van der Waals surface area contributed by atoms with Crippen molar-refractivity contribution in [3.63, 3.8) is 0 Å². The third-order valence-corrected chi connectivity index (χ3v) is 3.85. The molecule has 2 aromatic rings. The van der Waals surface area contributed by atoms with Crippen LogP contribution in [0.1, 0.15) is 23.7 Å². The molecule has 0 spiro atoms. The summed E-state index contributed by atoms with van der Waals surface area (Å²) in [6.07, 6.45) is 2.91. The molecule has 0 radical (unpaired) electrons. The smallest absolute Gasteiger partial charge is 0.162 e. The van der Waals surface area contributed by atoms with E-state index >= 15 is 0 Å². The van der Waals surface area contributed by atoms with E-state index in [2.05, 4.69) is 17.2 Å². The van der Waals surface area contributed by atoms with Crippen LogP contribution in [0.15, 0.2) is 30.5 Å². The maximum atomic E-state index is 11.1. The molecule has 3 rings (SSSR count). The normalized spacial score (nSPS) is 16.4. The predicted octanol–water partition coefficient (Wildman–Crippen LogP) is 1.90. The number of benzene rings is 1. The third kappa shape index (κ3) is 1.83. The summed E-state index contributed by atoms with van der Waals surface area (Å²) in [4.78, 5) is 0. The summed E-state index contributed by atoms with van der Waals surface area (Å²) in [6.45, 7) is 2.73. The summed E-state index contributed by atoms with van der Waals surface area (Å²) < 4.78 is 7.19.